The van der Waals surface area contributed by atoms with Gasteiger partial charge in [0.05, 0.1) is 17.9 Å². The molecule has 0 N–H and O–H groups in total. The molecule has 0 aliphatic carbocycles. The molecule has 23 heavy (non-hydrogen) atoms. The largest absolute Gasteiger partial charge is 0.369 e. The standard InChI is InChI=1S/C14H18N4O4S/c1-23(19,20)18-7-3-5-12(9-18)21-10-13-16-14(22-17-13)11-4-2-6-15-8-11/h2,4,6,8,12H,3,5,7,9-10H2,1H3. The second-order valence-corrected chi connectivity index (χ2v) is 7.44. The van der Waals surface area contributed by atoms with Crippen molar-refractivity contribution < 1.29 is 17.7 Å². The van der Waals surface area contributed by atoms with E-state index in [0.717, 1.165) is 18.4 Å². The Morgan fingerprint density at radius 2 is 2.35 bits per heavy atom. The van der Waals surface area contributed by atoms with Crippen LogP contribution in [-0.2, 0) is 21.4 Å². The molecule has 0 radical (unpaired) electrons. The highest BCUT2D eigenvalue weighted by molar-refractivity contribution is 7.88. The van der Waals surface area contributed by atoms with Crippen molar-refractivity contribution in [3.8, 4) is 11.5 Å². The molecule has 2 aromatic rings. The van der Waals surface area contributed by atoms with Gasteiger partial charge in [-0.25, -0.2) is 8.42 Å². The summed E-state index contributed by atoms with van der Waals surface area (Å²) in [7, 11) is -3.18. The lowest BCUT2D eigenvalue weighted by Crippen LogP contribution is -2.42. The van der Waals surface area contributed by atoms with Gasteiger partial charge in [-0.2, -0.15) is 9.29 Å². The van der Waals surface area contributed by atoms with E-state index >= 15 is 0 Å². The molecule has 0 aromatic carbocycles. The van der Waals surface area contributed by atoms with Crippen LogP contribution in [0.1, 0.15) is 18.7 Å². The average molecular weight is 338 g/mol. The third kappa shape index (κ3) is 4.12. The van der Waals surface area contributed by atoms with Crippen molar-refractivity contribution in [1.82, 2.24) is 19.4 Å². The van der Waals surface area contributed by atoms with Gasteiger partial charge in [-0.3, -0.25) is 4.98 Å². The van der Waals surface area contributed by atoms with Crippen LogP contribution in [0.2, 0.25) is 0 Å². The predicted molar refractivity (Wildman–Crippen MR) is 81.8 cm³/mol. The highest BCUT2D eigenvalue weighted by Gasteiger charge is 2.26. The number of pyridine rings is 1. The molecule has 8 nitrogen and oxygen atoms in total. The topological polar surface area (TPSA) is 98.4 Å². The van der Waals surface area contributed by atoms with Crippen molar-refractivity contribution in [2.75, 3.05) is 19.3 Å². The summed E-state index contributed by atoms with van der Waals surface area (Å²) in [6, 6.07) is 3.62. The predicted octanol–water partition coefficient (Wildman–Crippen LogP) is 1.07. The fraction of sp³-hybridized carbons (Fsp3) is 0.500. The van der Waals surface area contributed by atoms with Crippen LogP contribution in [0.3, 0.4) is 0 Å². The Morgan fingerprint density at radius 3 is 3.09 bits per heavy atom. The van der Waals surface area contributed by atoms with Crippen LogP contribution in [0.4, 0.5) is 0 Å². The first-order chi connectivity index (χ1) is 11.0. The highest BCUT2D eigenvalue weighted by atomic mass is 32.2. The summed E-state index contributed by atoms with van der Waals surface area (Å²) >= 11 is 0. The Morgan fingerprint density at radius 1 is 1.48 bits per heavy atom. The monoisotopic (exact) mass is 338 g/mol. The SMILES string of the molecule is CS(=O)(=O)N1CCCC(OCc2noc(-c3cccnc3)n2)C1. The number of nitrogens with zero attached hydrogens (tertiary/aromatic N) is 4. The lowest BCUT2D eigenvalue weighted by atomic mass is 10.1. The Balaban J connectivity index is 1.58. The molecule has 2 aromatic heterocycles. The Labute approximate surface area is 134 Å². The van der Waals surface area contributed by atoms with Gasteiger partial charge in [0.25, 0.3) is 5.89 Å². The maximum absolute atomic E-state index is 11.6. The van der Waals surface area contributed by atoms with Gasteiger partial charge in [-0.15, -0.1) is 0 Å². The van der Waals surface area contributed by atoms with Gasteiger partial charge in [0.15, 0.2) is 5.82 Å². The van der Waals surface area contributed by atoms with Crippen LogP contribution < -0.4 is 0 Å². The minimum absolute atomic E-state index is 0.154. The van der Waals surface area contributed by atoms with Gasteiger partial charge in [0.1, 0.15) is 6.61 Å². The van der Waals surface area contributed by atoms with Crippen molar-refractivity contribution >= 4 is 10.0 Å². The fourth-order valence-corrected chi connectivity index (χ4v) is 3.35. The molecule has 1 unspecified atom stereocenters. The van der Waals surface area contributed by atoms with Gasteiger partial charge in [-0.05, 0) is 25.0 Å². The normalized spacial score (nSPS) is 19.8. The van der Waals surface area contributed by atoms with E-state index in [9.17, 15) is 8.42 Å². The second-order valence-electron chi connectivity index (χ2n) is 5.45. The molecular weight excluding hydrogens is 320 g/mol. The number of ether oxygens (including phenoxy) is 1. The zero-order valence-electron chi connectivity index (χ0n) is 12.8. The number of aromatic nitrogens is 3. The van der Waals surface area contributed by atoms with Gasteiger partial charge >= 0.3 is 0 Å². The molecule has 0 spiro atoms. The average Bonchev–Trinajstić information content (AvgIpc) is 3.02. The Bertz CT molecular complexity index is 747. The van der Waals surface area contributed by atoms with E-state index in [1.54, 1.807) is 18.5 Å². The van der Waals surface area contributed by atoms with Crippen molar-refractivity contribution in [2.24, 2.45) is 0 Å². The highest BCUT2D eigenvalue weighted by Crippen LogP contribution is 2.18. The Hall–Kier alpha value is -1.84. The van der Waals surface area contributed by atoms with E-state index in [0.29, 0.717) is 24.8 Å². The van der Waals surface area contributed by atoms with Crippen LogP contribution in [0, 0.1) is 0 Å². The third-order valence-electron chi connectivity index (χ3n) is 3.63. The molecule has 0 bridgehead atoms. The van der Waals surface area contributed by atoms with E-state index in [1.807, 2.05) is 6.07 Å². The van der Waals surface area contributed by atoms with Crippen molar-refractivity contribution in [1.29, 1.82) is 0 Å². The van der Waals surface area contributed by atoms with E-state index in [4.69, 9.17) is 9.26 Å². The summed E-state index contributed by atoms with van der Waals surface area (Å²) in [6.07, 6.45) is 5.97. The van der Waals surface area contributed by atoms with Crippen LogP contribution in [0.15, 0.2) is 29.0 Å². The summed E-state index contributed by atoms with van der Waals surface area (Å²) in [6.45, 7) is 1.10. The van der Waals surface area contributed by atoms with Crippen molar-refractivity contribution in [3.63, 3.8) is 0 Å². The summed E-state index contributed by atoms with van der Waals surface area (Å²) < 4.78 is 35.5. The Kier molecular flexibility index (Phi) is 4.69. The van der Waals surface area contributed by atoms with Gasteiger partial charge in [0.2, 0.25) is 10.0 Å². The van der Waals surface area contributed by atoms with Gasteiger partial charge < -0.3 is 9.26 Å². The van der Waals surface area contributed by atoms with Gasteiger partial charge in [0, 0.05) is 25.5 Å². The van der Waals surface area contributed by atoms with Gasteiger partial charge in [-0.1, -0.05) is 5.16 Å². The van der Waals surface area contributed by atoms with Crippen molar-refractivity contribution in [2.45, 2.75) is 25.6 Å². The van der Waals surface area contributed by atoms with Crippen LogP contribution >= 0.6 is 0 Å². The smallest absolute Gasteiger partial charge is 0.259 e. The van der Waals surface area contributed by atoms with Crippen molar-refractivity contribution in [3.05, 3.63) is 30.4 Å². The molecule has 124 valence electrons. The zero-order chi connectivity index (χ0) is 16.3. The van der Waals surface area contributed by atoms with Crippen LogP contribution in [0.5, 0.6) is 0 Å². The summed E-state index contributed by atoms with van der Waals surface area (Å²) in [5, 5.41) is 3.87. The molecule has 3 heterocycles. The number of rotatable bonds is 5. The van der Waals surface area contributed by atoms with E-state index in [2.05, 4.69) is 15.1 Å². The first-order valence-electron chi connectivity index (χ1n) is 7.32. The zero-order valence-corrected chi connectivity index (χ0v) is 13.6. The number of hydrogen-bond acceptors (Lipinski definition) is 7. The molecule has 1 atom stereocenters. The molecular formula is C14H18N4O4S. The molecule has 3 rings (SSSR count). The quantitative estimate of drug-likeness (QED) is 0.804. The number of hydrogen-bond donors (Lipinski definition) is 0. The molecule has 0 amide bonds. The first kappa shape index (κ1) is 16.0. The second kappa shape index (κ2) is 6.73. The van der Waals surface area contributed by atoms with E-state index < -0.39 is 10.0 Å². The molecule has 9 heteroatoms. The minimum atomic E-state index is -3.18. The molecule has 1 aliphatic rings. The van der Waals surface area contributed by atoms with E-state index in [1.165, 1.54) is 10.6 Å². The molecule has 1 aliphatic heterocycles. The third-order valence-corrected chi connectivity index (χ3v) is 4.90. The summed E-state index contributed by atoms with van der Waals surface area (Å²) in [4.78, 5) is 8.26. The number of sulfonamides is 1. The summed E-state index contributed by atoms with van der Waals surface area (Å²) in [5.41, 5.74) is 0.743. The summed E-state index contributed by atoms with van der Waals surface area (Å²) in [5.74, 6) is 0.818. The number of piperidine rings is 1. The van der Waals surface area contributed by atoms with E-state index in [-0.39, 0.29) is 12.7 Å². The maximum atomic E-state index is 11.6. The fourth-order valence-electron chi connectivity index (χ4n) is 2.45. The first-order valence-corrected chi connectivity index (χ1v) is 9.17. The maximum Gasteiger partial charge on any atom is 0.259 e. The molecule has 0 saturated carbocycles. The molecule has 1 saturated heterocycles. The lowest BCUT2D eigenvalue weighted by Gasteiger charge is -2.30. The molecule has 1 fully saturated rings. The van der Waals surface area contributed by atoms with Crippen LogP contribution in [0.25, 0.3) is 11.5 Å². The van der Waals surface area contributed by atoms with Crippen LogP contribution in [-0.4, -0.2) is 53.3 Å². The minimum Gasteiger partial charge on any atom is -0.369 e. The lowest BCUT2D eigenvalue weighted by molar-refractivity contribution is 0.00451.